The first kappa shape index (κ1) is 18.9. The number of benzene rings is 1. The van der Waals surface area contributed by atoms with Crippen molar-refractivity contribution in [1.29, 1.82) is 0 Å². The predicted octanol–water partition coefficient (Wildman–Crippen LogP) is 5.47. The van der Waals surface area contributed by atoms with Crippen LogP contribution in [0.2, 0.25) is 0 Å². The molecular weight excluding hydrogens is 286 g/mol. The Balaban J connectivity index is 2.82. The smallest absolute Gasteiger partial charge is 0.00986 e. The highest BCUT2D eigenvalue weighted by Crippen LogP contribution is 2.47. The summed E-state index contributed by atoms with van der Waals surface area (Å²) >= 11 is 0. The summed E-state index contributed by atoms with van der Waals surface area (Å²) < 4.78 is 0.100. The van der Waals surface area contributed by atoms with Gasteiger partial charge in [-0.2, -0.15) is 10.3 Å². The first-order chi connectivity index (χ1) is 9.96. The third kappa shape index (κ3) is 4.44. The molecular formula is C20H33NS. The van der Waals surface area contributed by atoms with Gasteiger partial charge >= 0.3 is 0 Å². The molecule has 0 saturated carbocycles. The number of hydrogen-bond donors (Lipinski definition) is 1. The zero-order chi connectivity index (χ0) is 17.1. The van der Waals surface area contributed by atoms with E-state index in [4.69, 9.17) is 5.69 Å². The highest BCUT2D eigenvalue weighted by Gasteiger charge is 2.34. The molecule has 0 aliphatic carbocycles. The lowest BCUT2D eigenvalue weighted by molar-refractivity contribution is 0.319. The molecule has 1 unspecified atom stereocenters. The summed E-state index contributed by atoms with van der Waals surface area (Å²) in [6.45, 7) is 15.5. The quantitative estimate of drug-likeness (QED) is 0.720. The molecule has 0 aromatic heterocycles. The summed E-state index contributed by atoms with van der Waals surface area (Å²) in [7, 11) is 3.41. The van der Waals surface area contributed by atoms with Gasteiger partial charge in [-0.15, -0.1) is 5.69 Å². The highest BCUT2D eigenvalue weighted by atomic mass is 32.2. The summed E-state index contributed by atoms with van der Waals surface area (Å²) in [6, 6.07) is 8.87. The molecule has 0 bridgehead atoms. The van der Waals surface area contributed by atoms with Crippen LogP contribution in [0, 0.1) is 11.1 Å². The third-order valence-electron chi connectivity index (χ3n) is 4.99. The number of hydrogen-bond acceptors (Lipinski definition) is 1. The Hall–Kier alpha value is -1.11. The highest BCUT2D eigenvalue weighted by molar-refractivity contribution is 8.08. The van der Waals surface area contributed by atoms with Crippen LogP contribution in [0.1, 0.15) is 46.6 Å². The molecule has 1 nitrogen and oxygen atoms in total. The molecule has 0 aliphatic rings. The fourth-order valence-corrected chi connectivity index (χ4v) is 3.86. The molecule has 1 atom stereocenters. The van der Waals surface area contributed by atoms with Crippen LogP contribution < -0.4 is 0 Å². The van der Waals surface area contributed by atoms with Crippen molar-refractivity contribution in [3.8, 4) is 5.69 Å². The molecule has 0 radical (unpaired) electrons. The van der Waals surface area contributed by atoms with Crippen molar-refractivity contribution in [2.24, 2.45) is 5.41 Å². The molecule has 0 fully saturated rings. The molecule has 1 aromatic carbocycles. The fraction of sp³-hybridized carbons (Fsp3) is 0.550. The van der Waals surface area contributed by atoms with Crippen molar-refractivity contribution in [3.63, 3.8) is 0 Å². The van der Waals surface area contributed by atoms with E-state index in [-0.39, 0.29) is 10.2 Å². The lowest BCUT2D eigenvalue weighted by atomic mass is 9.83. The molecule has 1 aromatic rings. The van der Waals surface area contributed by atoms with Crippen LogP contribution in [-0.2, 0) is 6.42 Å². The Morgan fingerprint density at radius 2 is 1.59 bits per heavy atom. The van der Waals surface area contributed by atoms with Gasteiger partial charge in [0.2, 0.25) is 0 Å². The van der Waals surface area contributed by atoms with Crippen LogP contribution in [0.15, 0.2) is 41.4 Å². The molecule has 1 rings (SSSR count). The van der Waals surface area contributed by atoms with Crippen molar-refractivity contribution in [2.45, 2.75) is 57.1 Å². The second kappa shape index (κ2) is 6.98. The summed E-state index contributed by atoms with van der Waals surface area (Å²) in [5.74, 6) is 0. The van der Waals surface area contributed by atoms with Gasteiger partial charge in [-0.25, -0.2) is 0 Å². The van der Waals surface area contributed by atoms with Crippen molar-refractivity contribution >= 4 is 10.3 Å². The van der Waals surface area contributed by atoms with Crippen LogP contribution in [0.4, 0.5) is 0 Å². The van der Waals surface area contributed by atoms with E-state index in [0.717, 1.165) is 12.8 Å². The Bertz CT molecular complexity index is 577. The minimum absolute atomic E-state index is 0.100. The predicted molar refractivity (Wildman–Crippen MR) is 103 cm³/mol. The first-order valence-corrected chi connectivity index (χ1v) is 9.37. The van der Waals surface area contributed by atoms with Crippen LogP contribution in [0.3, 0.4) is 0 Å². The SMILES string of the molecule is C#[SH](c1ccc(CCC(=C)N(C)C)cc1)C(C)(C)C(C)(C)C. The lowest BCUT2D eigenvalue weighted by Gasteiger charge is -2.41. The molecule has 0 spiro atoms. The average molecular weight is 320 g/mol. The number of nitrogens with zero attached hydrogens (tertiary/aromatic N) is 1. The number of aryl methyl sites for hydroxylation is 1. The molecule has 2 heteroatoms. The van der Waals surface area contributed by atoms with E-state index < -0.39 is 10.3 Å². The van der Waals surface area contributed by atoms with Crippen LogP contribution >= 0.6 is 10.3 Å². The van der Waals surface area contributed by atoms with E-state index in [1.165, 1.54) is 16.2 Å². The standard InChI is InChI=1S/C20H33NS/c1-16(21(7)8)10-11-17-12-14-18(15-13-17)22(9)20(5,6)19(2,3)4/h9,12-15,22H,1,10-11H2,2-8H3. The van der Waals surface area contributed by atoms with Crippen molar-refractivity contribution in [2.75, 3.05) is 14.1 Å². The van der Waals surface area contributed by atoms with Crippen molar-refractivity contribution in [3.05, 3.63) is 42.1 Å². The zero-order valence-corrected chi connectivity index (χ0v) is 16.3. The molecule has 0 aliphatic heterocycles. The maximum atomic E-state index is 6.61. The monoisotopic (exact) mass is 319 g/mol. The fourth-order valence-electron chi connectivity index (χ4n) is 2.02. The second-order valence-electron chi connectivity index (χ2n) is 7.81. The van der Waals surface area contributed by atoms with Crippen LogP contribution in [-0.4, -0.2) is 23.7 Å². The van der Waals surface area contributed by atoms with E-state index in [1.807, 2.05) is 14.1 Å². The van der Waals surface area contributed by atoms with E-state index in [1.54, 1.807) is 0 Å². The lowest BCUT2D eigenvalue weighted by Crippen LogP contribution is -2.33. The Morgan fingerprint density at radius 1 is 1.09 bits per heavy atom. The molecule has 124 valence electrons. The minimum atomic E-state index is -0.677. The number of allylic oxidation sites excluding steroid dienone is 1. The van der Waals surface area contributed by atoms with Gasteiger partial charge in [0.1, 0.15) is 0 Å². The summed E-state index contributed by atoms with van der Waals surface area (Å²) in [5, 5.41) is 0. The maximum Gasteiger partial charge on any atom is 0.00986 e. The Labute approximate surface area is 140 Å². The second-order valence-corrected chi connectivity index (χ2v) is 10.2. The van der Waals surface area contributed by atoms with E-state index in [0.29, 0.717) is 0 Å². The van der Waals surface area contributed by atoms with Gasteiger partial charge in [0.25, 0.3) is 0 Å². The van der Waals surface area contributed by atoms with Gasteiger partial charge in [-0.05, 0) is 40.8 Å². The molecule has 0 heterocycles. The largest absolute Gasteiger partial charge is 0.381 e. The first-order valence-electron chi connectivity index (χ1n) is 7.96. The average Bonchev–Trinajstić information content (AvgIpc) is 2.43. The Morgan fingerprint density at radius 3 is 2.00 bits per heavy atom. The minimum Gasteiger partial charge on any atom is -0.381 e. The molecule has 0 N–H and O–H groups in total. The van der Waals surface area contributed by atoms with Crippen LogP contribution in [0.5, 0.6) is 0 Å². The van der Waals surface area contributed by atoms with Gasteiger partial charge < -0.3 is 4.90 Å². The zero-order valence-electron chi connectivity index (χ0n) is 15.4. The normalized spacial score (nSPS) is 13.7. The van der Waals surface area contributed by atoms with Gasteiger partial charge in [0.15, 0.2) is 0 Å². The van der Waals surface area contributed by atoms with Gasteiger partial charge in [0.05, 0.1) is 0 Å². The van der Waals surface area contributed by atoms with Gasteiger partial charge in [-0.3, -0.25) is 0 Å². The van der Waals surface area contributed by atoms with E-state index in [2.05, 4.69) is 70.4 Å². The van der Waals surface area contributed by atoms with Crippen molar-refractivity contribution < 1.29 is 0 Å². The summed E-state index contributed by atoms with van der Waals surface area (Å²) in [4.78, 5) is 3.37. The number of rotatable bonds is 4. The van der Waals surface area contributed by atoms with Gasteiger partial charge in [0, 0.05) is 24.5 Å². The molecule has 22 heavy (non-hydrogen) atoms. The van der Waals surface area contributed by atoms with E-state index >= 15 is 0 Å². The van der Waals surface area contributed by atoms with Gasteiger partial charge in [-0.1, -0.05) is 53.3 Å². The maximum absolute atomic E-state index is 6.61. The van der Waals surface area contributed by atoms with Crippen molar-refractivity contribution in [1.82, 2.24) is 4.90 Å². The summed E-state index contributed by atoms with van der Waals surface area (Å²) in [5.41, 5.74) is 9.32. The molecule has 0 amide bonds. The number of thiol groups is 1. The van der Waals surface area contributed by atoms with E-state index in [9.17, 15) is 0 Å². The topological polar surface area (TPSA) is 3.24 Å². The third-order valence-corrected chi connectivity index (χ3v) is 7.72. The molecule has 0 saturated heterocycles. The Kier molecular flexibility index (Phi) is 6.01. The summed E-state index contributed by atoms with van der Waals surface area (Å²) in [6.07, 6.45) is 2.03. The van der Waals surface area contributed by atoms with Crippen LogP contribution in [0.25, 0.3) is 0 Å².